The number of sulfonamides is 1. The highest BCUT2D eigenvalue weighted by molar-refractivity contribution is 7.89. The highest BCUT2D eigenvalue weighted by atomic mass is 35.5. The molecule has 0 aromatic carbocycles. The fourth-order valence-electron chi connectivity index (χ4n) is 0.647. The summed E-state index contributed by atoms with van der Waals surface area (Å²) in [5, 5.41) is 0. The van der Waals surface area contributed by atoms with Gasteiger partial charge >= 0.3 is 0 Å². The van der Waals surface area contributed by atoms with E-state index in [9.17, 15) is 13.2 Å². The van der Waals surface area contributed by atoms with E-state index in [1.54, 1.807) is 14.1 Å². The fraction of sp³-hybridized carbons (Fsp3) is 0.857. The van der Waals surface area contributed by atoms with Crippen LogP contribution in [0.15, 0.2) is 0 Å². The molecule has 5 nitrogen and oxygen atoms in total. The average molecular weight is 243 g/mol. The standard InChI is InChI=1S/C7H15ClN2O3S/c1-10(2)7(11)6-9-14(12,13)5-3-4-8/h9H,3-6H2,1-2H3. The first kappa shape index (κ1) is 13.7. The number of carbonyl (C=O) groups is 1. The molecule has 0 saturated heterocycles. The second-order valence-electron chi connectivity index (χ2n) is 2.97. The van der Waals surface area contributed by atoms with Gasteiger partial charge in [0.15, 0.2) is 0 Å². The third-order valence-electron chi connectivity index (χ3n) is 1.49. The van der Waals surface area contributed by atoms with Gasteiger partial charge in [-0.2, -0.15) is 0 Å². The number of hydrogen-bond acceptors (Lipinski definition) is 3. The summed E-state index contributed by atoms with van der Waals surface area (Å²) in [5.41, 5.74) is 0. The van der Waals surface area contributed by atoms with E-state index in [1.807, 2.05) is 0 Å². The highest BCUT2D eigenvalue weighted by Crippen LogP contribution is 1.91. The summed E-state index contributed by atoms with van der Waals surface area (Å²) in [5.74, 6) is -0.0285. The second-order valence-corrected chi connectivity index (χ2v) is 5.28. The van der Waals surface area contributed by atoms with Crippen molar-refractivity contribution in [1.29, 1.82) is 0 Å². The molecule has 1 N–H and O–H groups in total. The Morgan fingerprint density at radius 1 is 1.43 bits per heavy atom. The summed E-state index contributed by atoms with van der Waals surface area (Å²) >= 11 is 5.35. The summed E-state index contributed by atoms with van der Waals surface area (Å²) in [6.07, 6.45) is 0.382. The number of alkyl halides is 1. The van der Waals surface area contributed by atoms with Crippen molar-refractivity contribution in [2.24, 2.45) is 0 Å². The van der Waals surface area contributed by atoms with Gasteiger partial charge in [-0.15, -0.1) is 11.6 Å². The van der Waals surface area contributed by atoms with Gasteiger partial charge < -0.3 is 4.90 Å². The Bertz CT molecular complexity index is 277. The van der Waals surface area contributed by atoms with Gasteiger partial charge in [-0.1, -0.05) is 0 Å². The van der Waals surface area contributed by atoms with E-state index in [0.29, 0.717) is 12.3 Å². The Labute approximate surface area is 89.5 Å². The Hall–Kier alpha value is -0.330. The number of hydrogen-bond donors (Lipinski definition) is 1. The van der Waals surface area contributed by atoms with Gasteiger partial charge in [-0.25, -0.2) is 13.1 Å². The van der Waals surface area contributed by atoms with Crippen LogP contribution in [0.25, 0.3) is 0 Å². The zero-order valence-corrected chi connectivity index (χ0v) is 9.86. The summed E-state index contributed by atoms with van der Waals surface area (Å²) in [4.78, 5) is 12.4. The van der Waals surface area contributed by atoms with Gasteiger partial charge in [0.25, 0.3) is 0 Å². The molecule has 0 aliphatic carbocycles. The van der Waals surface area contributed by atoms with Crippen molar-refractivity contribution in [2.75, 3.05) is 32.3 Å². The molecule has 0 rings (SSSR count). The molecule has 14 heavy (non-hydrogen) atoms. The Morgan fingerprint density at radius 2 is 2.00 bits per heavy atom. The number of halogens is 1. The molecule has 0 aromatic rings. The van der Waals surface area contributed by atoms with E-state index in [2.05, 4.69) is 4.72 Å². The van der Waals surface area contributed by atoms with Gasteiger partial charge in [-0.3, -0.25) is 4.79 Å². The zero-order valence-electron chi connectivity index (χ0n) is 8.29. The zero-order chi connectivity index (χ0) is 11.2. The minimum absolute atomic E-state index is 0.0444. The summed E-state index contributed by atoms with van der Waals surface area (Å²) in [6.45, 7) is -0.197. The van der Waals surface area contributed by atoms with Gasteiger partial charge in [0, 0.05) is 20.0 Å². The van der Waals surface area contributed by atoms with E-state index in [-0.39, 0.29) is 18.2 Å². The topological polar surface area (TPSA) is 66.5 Å². The number of rotatable bonds is 6. The van der Waals surface area contributed by atoms with Crippen molar-refractivity contribution in [3.05, 3.63) is 0 Å². The van der Waals surface area contributed by atoms with Crippen LogP contribution in [0.1, 0.15) is 6.42 Å². The molecule has 0 heterocycles. The molecule has 84 valence electrons. The lowest BCUT2D eigenvalue weighted by Crippen LogP contribution is -2.37. The number of nitrogens with one attached hydrogen (secondary N) is 1. The van der Waals surface area contributed by atoms with Crippen LogP contribution < -0.4 is 4.72 Å². The molecule has 0 fully saturated rings. The molecule has 0 unspecified atom stereocenters. The van der Waals surface area contributed by atoms with E-state index in [1.165, 1.54) is 4.90 Å². The molecule has 0 aromatic heterocycles. The van der Waals surface area contributed by atoms with Gasteiger partial charge in [-0.05, 0) is 6.42 Å². The first-order chi connectivity index (χ1) is 6.39. The molecule has 7 heteroatoms. The maximum absolute atomic E-state index is 11.2. The monoisotopic (exact) mass is 242 g/mol. The van der Waals surface area contributed by atoms with Gasteiger partial charge in [0.2, 0.25) is 15.9 Å². The number of amides is 1. The molecule has 0 aliphatic heterocycles. The van der Waals surface area contributed by atoms with Crippen LogP contribution in [-0.4, -0.2) is 51.5 Å². The number of nitrogens with zero attached hydrogens (tertiary/aromatic N) is 1. The van der Waals surface area contributed by atoms with Crippen molar-refractivity contribution >= 4 is 27.5 Å². The molecule has 0 spiro atoms. The molecular weight excluding hydrogens is 228 g/mol. The van der Waals surface area contributed by atoms with Gasteiger partial charge in [0.05, 0.1) is 12.3 Å². The minimum atomic E-state index is -3.35. The van der Waals surface area contributed by atoms with Crippen molar-refractivity contribution in [3.63, 3.8) is 0 Å². The molecule has 1 amide bonds. The number of carbonyl (C=O) groups excluding carboxylic acids is 1. The number of likely N-dealkylation sites (N-methyl/N-ethyl adjacent to an activating group) is 1. The summed E-state index contributed by atoms with van der Waals surface area (Å²) in [6, 6.07) is 0. The molecule has 0 radical (unpaired) electrons. The lowest BCUT2D eigenvalue weighted by atomic mass is 10.6. The smallest absolute Gasteiger partial charge is 0.237 e. The van der Waals surface area contributed by atoms with Crippen LogP contribution in [0.2, 0.25) is 0 Å². The van der Waals surface area contributed by atoms with Crippen LogP contribution in [0.3, 0.4) is 0 Å². The van der Waals surface area contributed by atoms with Crippen LogP contribution in [0.4, 0.5) is 0 Å². The second kappa shape index (κ2) is 6.21. The lowest BCUT2D eigenvalue weighted by Gasteiger charge is -2.10. The Kier molecular flexibility index (Phi) is 6.06. The maximum atomic E-state index is 11.2. The average Bonchev–Trinajstić information content (AvgIpc) is 2.11. The van der Waals surface area contributed by atoms with Crippen LogP contribution in [-0.2, 0) is 14.8 Å². The third-order valence-corrected chi connectivity index (χ3v) is 3.17. The SMILES string of the molecule is CN(C)C(=O)CNS(=O)(=O)CCCCl. The molecule has 0 bridgehead atoms. The Morgan fingerprint density at radius 3 is 2.43 bits per heavy atom. The minimum Gasteiger partial charge on any atom is -0.348 e. The van der Waals surface area contributed by atoms with Gasteiger partial charge in [0.1, 0.15) is 0 Å². The van der Waals surface area contributed by atoms with E-state index >= 15 is 0 Å². The highest BCUT2D eigenvalue weighted by Gasteiger charge is 2.12. The van der Waals surface area contributed by atoms with E-state index < -0.39 is 10.0 Å². The van der Waals surface area contributed by atoms with Crippen molar-refractivity contribution in [1.82, 2.24) is 9.62 Å². The summed E-state index contributed by atoms with van der Waals surface area (Å²) < 4.78 is 24.5. The van der Waals surface area contributed by atoms with Crippen LogP contribution in [0, 0.1) is 0 Å². The van der Waals surface area contributed by atoms with Crippen LogP contribution in [0.5, 0.6) is 0 Å². The quantitative estimate of drug-likeness (QED) is 0.646. The van der Waals surface area contributed by atoms with Crippen molar-refractivity contribution in [3.8, 4) is 0 Å². The molecule has 0 atom stereocenters. The van der Waals surface area contributed by atoms with Crippen molar-refractivity contribution < 1.29 is 13.2 Å². The molecular formula is C7H15ClN2O3S. The lowest BCUT2D eigenvalue weighted by molar-refractivity contribution is -0.127. The van der Waals surface area contributed by atoms with Crippen LogP contribution >= 0.6 is 11.6 Å². The largest absolute Gasteiger partial charge is 0.348 e. The van der Waals surface area contributed by atoms with Crippen molar-refractivity contribution in [2.45, 2.75) is 6.42 Å². The first-order valence-corrected chi connectivity index (χ1v) is 6.31. The first-order valence-electron chi connectivity index (χ1n) is 4.12. The summed E-state index contributed by atoms with van der Waals surface area (Å²) in [7, 11) is -0.225. The molecule has 0 aliphatic rings. The molecule has 0 saturated carbocycles. The van der Waals surface area contributed by atoms with E-state index in [4.69, 9.17) is 11.6 Å². The maximum Gasteiger partial charge on any atom is 0.237 e. The predicted molar refractivity (Wildman–Crippen MR) is 55.8 cm³/mol. The third kappa shape index (κ3) is 6.17. The fourth-order valence-corrected chi connectivity index (χ4v) is 1.95. The van der Waals surface area contributed by atoms with E-state index in [0.717, 1.165) is 0 Å². The Balaban J connectivity index is 3.94. The predicted octanol–water partition coefficient (Wildman–Crippen LogP) is -0.377. The normalized spacial score (nSPS) is 11.4.